The second kappa shape index (κ2) is 6.71. The third-order valence-electron chi connectivity index (χ3n) is 3.36. The molecule has 1 aromatic carbocycles. The number of para-hydroxylation sites is 1. The van der Waals surface area contributed by atoms with Crippen molar-refractivity contribution in [2.75, 3.05) is 5.88 Å². The zero-order valence-corrected chi connectivity index (χ0v) is 11.5. The van der Waals surface area contributed by atoms with E-state index in [0.717, 1.165) is 30.1 Å². The molecule has 0 aliphatic heterocycles. The molecule has 18 heavy (non-hydrogen) atoms. The van der Waals surface area contributed by atoms with Gasteiger partial charge < -0.3 is 4.74 Å². The topological polar surface area (TPSA) is 9.23 Å². The van der Waals surface area contributed by atoms with Gasteiger partial charge >= 0.3 is 0 Å². The standard InChI is InChI=1S/C16H19ClO/c1-13-6-4-9-15(12-13)18-16-10-3-2-7-14(16)8-5-11-17/h2-3,7,10,13,15H,4,6,9,11-12H2,1H3. The van der Waals surface area contributed by atoms with Crippen molar-refractivity contribution < 1.29 is 4.74 Å². The Hall–Kier alpha value is -1.13. The summed E-state index contributed by atoms with van der Waals surface area (Å²) in [6.07, 6.45) is 5.24. The number of ether oxygens (including phenoxy) is 1. The van der Waals surface area contributed by atoms with Crippen LogP contribution < -0.4 is 4.74 Å². The molecule has 1 aliphatic carbocycles. The molecule has 2 atom stereocenters. The number of hydrogen-bond donors (Lipinski definition) is 0. The van der Waals surface area contributed by atoms with Crippen LogP contribution in [0.4, 0.5) is 0 Å². The molecule has 1 nitrogen and oxygen atoms in total. The van der Waals surface area contributed by atoms with Crippen LogP contribution >= 0.6 is 11.6 Å². The highest BCUT2D eigenvalue weighted by Gasteiger charge is 2.20. The van der Waals surface area contributed by atoms with E-state index in [4.69, 9.17) is 16.3 Å². The Morgan fingerprint density at radius 2 is 2.17 bits per heavy atom. The average Bonchev–Trinajstić information content (AvgIpc) is 2.38. The second-order valence-electron chi connectivity index (χ2n) is 4.94. The fourth-order valence-electron chi connectivity index (χ4n) is 2.47. The molecule has 0 radical (unpaired) electrons. The van der Waals surface area contributed by atoms with Crippen molar-refractivity contribution in [3.05, 3.63) is 29.8 Å². The highest BCUT2D eigenvalue weighted by atomic mass is 35.5. The van der Waals surface area contributed by atoms with Gasteiger partial charge in [-0.15, -0.1) is 11.6 Å². The molecule has 2 rings (SSSR count). The Labute approximate surface area is 114 Å². The third kappa shape index (κ3) is 3.68. The monoisotopic (exact) mass is 262 g/mol. The van der Waals surface area contributed by atoms with Crippen molar-refractivity contribution in [2.24, 2.45) is 5.92 Å². The quantitative estimate of drug-likeness (QED) is 0.572. The summed E-state index contributed by atoms with van der Waals surface area (Å²) in [4.78, 5) is 0. The molecule has 1 saturated carbocycles. The minimum Gasteiger partial charge on any atom is -0.489 e. The van der Waals surface area contributed by atoms with E-state index in [-0.39, 0.29) is 0 Å². The van der Waals surface area contributed by atoms with Crippen LogP contribution in [0.15, 0.2) is 24.3 Å². The summed E-state index contributed by atoms with van der Waals surface area (Å²) in [6.45, 7) is 2.30. The first-order valence-electron chi connectivity index (χ1n) is 6.60. The lowest BCUT2D eigenvalue weighted by Crippen LogP contribution is -2.24. The normalized spacial score (nSPS) is 23.0. The molecule has 2 unspecified atom stereocenters. The van der Waals surface area contributed by atoms with E-state index < -0.39 is 0 Å². The molecule has 1 aliphatic rings. The van der Waals surface area contributed by atoms with E-state index >= 15 is 0 Å². The van der Waals surface area contributed by atoms with Gasteiger partial charge in [-0.25, -0.2) is 0 Å². The Bertz CT molecular complexity index is 444. The van der Waals surface area contributed by atoms with Gasteiger partial charge in [-0.3, -0.25) is 0 Å². The molecule has 0 spiro atoms. The first-order valence-corrected chi connectivity index (χ1v) is 7.13. The summed E-state index contributed by atoms with van der Waals surface area (Å²) in [6, 6.07) is 7.96. The molecule has 2 heteroatoms. The molecule has 0 N–H and O–H groups in total. The summed E-state index contributed by atoms with van der Waals surface area (Å²) in [5.41, 5.74) is 0.941. The van der Waals surface area contributed by atoms with E-state index in [1.807, 2.05) is 24.3 Å². The Morgan fingerprint density at radius 1 is 1.33 bits per heavy atom. The maximum absolute atomic E-state index is 6.11. The van der Waals surface area contributed by atoms with Gasteiger partial charge in [-0.05, 0) is 37.3 Å². The SMILES string of the molecule is CC1CCCC(Oc2ccccc2C#CCCl)C1. The highest BCUT2D eigenvalue weighted by molar-refractivity contribution is 6.19. The number of rotatable bonds is 2. The van der Waals surface area contributed by atoms with Crippen LogP contribution in [0.2, 0.25) is 0 Å². The molecule has 0 heterocycles. The van der Waals surface area contributed by atoms with Crippen molar-refractivity contribution in [3.8, 4) is 17.6 Å². The maximum Gasteiger partial charge on any atom is 0.135 e. The Balaban J connectivity index is 2.08. The minimum absolute atomic E-state index is 0.340. The average molecular weight is 263 g/mol. The molecule has 0 saturated heterocycles. The molecule has 1 fully saturated rings. The lowest BCUT2D eigenvalue weighted by Gasteiger charge is -2.27. The zero-order chi connectivity index (χ0) is 12.8. The smallest absolute Gasteiger partial charge is 0.135 e. The fourth-order valence-corrected chi connectivity index (χ4v) is 2.53. The van der Waals surface area contributed by atoms with Crippen LogP contribution in [0.25, 0.3) is 0 Å². The van der Waals surface area contributed by atoms with Crippen molar-refractivity contribution in [2.45, 2.75) is 38.7 Å². The Morgan fingerprint density at radius 3 is 2.94 bits per heavy atom. The van der Waals surface area contributed by atoms with Gasteiger partial charge in [0.1, 0.15) is 5.75 Å². The first kappa shape index (κ1) is 13.3. The molecule has 0 amide bonds. The van der Waals surface area contributed by atoms with E-state index in [1.54, 1.807) is 0 Å². The molecule has 0 aromatic heterocycles. The van der Waals surface area contributed by atoms with Crippen LogP contribution in [0, 0.1) is 17.8 Å². The van der Waals surface area contributed by atoms with Crippen LogP contribution in [0.3, 0.4) is 0 Å². The van der Waals surface area contributed by atoms with E-state index in [1.165, 1.54) is 12.8 Å². The minimum atomic E-state index is 0.340. The van der Waals surface area contributed by atoms with Gasteiger partial charge in [0.25, 0.3) is 0 Å². The lowest BCUT2D eigenvalue weighted by atomic mass is 9.88. The van der Waals surface area contributed by atoms with Gasteiger partial charge in [-0.2, -0.15) is 0 Å². The summed E-state index contributed by atoms with van der Waals surface area (Å²) in [7, 11) is 0. The van der Waals surface area contributed by atoms with Gasteiger partial charge in [0, 0.05) is 0 Å². The molecule has 0 bridgehead atoms. The maximum atomic E-state index is 6.11. The highest BCUT2D eigenvalue weighted by Crippen LogP contribution is 2.28. The van der Waals surface area contributed by atoms with E-state index in [9.17, 15) is 0 Å². The predicted molar refractivity (Wildman–Crippen MR) is 76.1 cm³/mol. The fraction of sp³-hybridized carbons (Fsp3) is 0.500. The molecule has 1 aromatic rings. The van der Waals surface area contributed by atoms with Crippen LogP contribution in [0.5, 0.6) is 5.75 Å². The van der Waals surface area contributed by atoms with Crippen molar-refractivity contribution in [1.29, 1.82) is 0 Å². The van der Waals surface area contributed by atoms with Crippen LogP contribution in [-0.2, 0) is 0 Å². The first-order chi connectivity index (χ1) is 8.79. The van der Waals surface area contributed by atoms with Crippen LogP contribution in [0.1, 0.15) is 38.2 Å². The van der Waals surface area contributed by atoms with Crippen molar-refractivity contribution in [3.63, 3.8) is 0 Å². The summed E-state index contributed by atoms with van der Waals surface area (Å²) < 4.78 is 6.11. The van der Waals surface area contributed by atoms with Gasteiger partial charge in [-0.1, -0.05) is 37.3 Å². The summed E-state index contributed by atoms with van der Waals surface area (Å²) in [5, 5.41) is 0. The third-order valence-corrected chi connectivity index (χ3v) is 3.49. The van der Waals surface area contributed by atoms with Gasteiger partial charge in [0.15, 0.2) is 0 Å². The van der Waals surface area contributed by atoms with Crippen molar-refractivity contribution in [1.82, 2.24) is 0 Å². The van der Waals surface area contributed by atoms with Gasteiger partial charge in [0.2, 0.25) is 0 Å². The van der Waals surface area contributed by atoms with Crippen LogP contribution in [-0.4, -0.2) is 12.0 Å². The molecule has 96 valence electrons. The summed E-state index contributed by atoms with van der Waals surface area (Å²) >= 11 is 5.60. The summed E-state index contributed by atoms with van der Waals surface area (Å²) in [5.74, 6) is 7.96. The zero-order valence-electron chi connectivity index (χ0n) is 10.8. The number of halogens is 1. The van der Waals surface area contributed by atoms with Crippen molar-refractivity contribution >= 4 is 11.6 Å². The molecular weight excluding hydrogens is 244 g/mol. The number of benzene rings is 1. The Kier molecular flexibility index (Phi) is 4.96. The van der Waals surface area contributed by atoms with E-state index in [0.29, 0.717) is 12.0 Å². The lowest BCUT2D eigenvalue weighted by molar-refractivity contribution is 0.129. The predicted octanol–water partition coefficient (Wildman–Crippen LogP) is 4.23. The number of alkyl halides is 1. The van der Waals surface area contributed by atoms with E-state index in [2.05, 4.69) is 18.8 Å². The van der Waals surface area contributed by atoms with Gasteiger partial charge in [0.05, 0.1) is 17.5 Å². The second-order valence-corrected chi connectivity index (χ2v) is 5.21. The molecular formula is C16H19ClO. The number of hydrogen-bond acceptors (Lipinski definition) is 1. The largest absolute Gasteiger partial charge is 0.489 e.